The Kier molecular flexibility index (Phi) is 6.88. The van der Waals surface area contributed by atoms with Crippen molar-refractivity contribution in [2.75, 3.05) is 20.3 Å². The maximum absolute atomic E-state index is 13.9. The molecule has 0 unspecified atom stereocenters. The van der Waals surface area contributed by atoms with E-state index in [1.165, 1.54) is 6.07 Å². The Balaban J connectivity index is 2.05. The molecular formula is C19H23FN2O2. The van der Waals surface area contributed by atoms with Crippen molar-refractivity contribution in [3.63, 3.8) is 0 Å². The molecule has 0 spiro atoms. The summed E-state index contributed by atoms with van der Waals surface area (Å²) < 4.78 is 19.0. The molecule has 1 aromatic carbocycles. The number of carbonyl (C=O) groups is 1. The molecular weight excluding hydrogens is 307 g/mol. The zero-order valence-corrected chi connectivity index (χ0v) is 14.1. The molecule has 0 saturated heterocycles. The van der Waals surface area contributed by atoms with Crippen molar-refractivity contribution in [1.29, 1.82) is 0 Å². The first-order chi connectivity index (χ1) is 11.6. The van der Waals surface area contributed by atoms with Crippen LogP contribution in [0.4, 0.5) is 4.39 Å². The fourth-order valence-corrected chi connectivity index (χ4v) is 2.56. The summed E-state index contributed by atoms with van der Waals surface area (Å²) in [5.41, 5.74) is 1.39. The minimum Gasteiger partial charge on any atom is -0.383 e. The Morgan fingerprint density at radius 3 is 2.67 bits per heavy atom. The Morgan fingerprint density at radius 1 is 1.25 bits per heavy atom. The van der Waals surface area contributed by atoms with Crippen LogP contribution in [0.1, 0.15) is 30.5 Å². The van der Waals surface area contributed by atoms with Gasteiger partial charge in [-0.2, -0.15) is 0 Å². The van der Waals surface area contributed by atoms with Crippen molar-refractivity contribution in [1.82, 2.24) is 9.88 Å². The standard InChI is InChI=1S/C19H23FN2O2/c1-15(17-8-3-4-9-18(17)20)13-19(23)22(11-12-24-2)14-16-7-5-6-10-21-16/h3-10,15H,11-14H2,1-2H3/t15-/m0/s1. The molecule has 0 aliphatic carbocycles. The number of hydrogen-bond donors (Lipinski definition) is 0. The second kappa shape index (κ2) is 9.13. The molecule has 2 aromatic rings. The largest absolute Gasteiger partial charge is 0.383 e. The predicted molar refractivity (Wildman–Crippen MR) is 91.0 cm³/mol. The summed E-state index contributed by atoms with van der Waals surface area (Å²) in [5, 5.41) is 0. The van der Waals surface area contributed by atoms with Crippen LogP contribution in [0.3, 0.4) is 0 Å². The van der Waals surface area contributed by atoms with Crippen LogP contribution in [0.5, 0.6) is 0 Å². The second-order valence-corrected chi connectivity index (χ2v) is 5.76. The highest BCUT2D eigenvalue weighted by atomic mass is 19.1. The molecule has 0 aliphatic rings. The lowest BCUT2D eigenvalue weighted by molar-refractivity contribution is -0.132. The zero-order chi connectivity index (χ0) is 17.4. The molecule has 5 heteroatoms. The first-order valence-corrected chi connectivity index (χ1v) is 8.03. The summed E-state index contributed by atoms with van der Waals surface area (Å²) in [4.78, 5) is 18.6. The van der Waals surface area contributed by atoms with Gasteiger partial charge in [0.1, 0.15) is 5.82 Å². The number of ether oxygens (including phenoxy) is 1. The van der Waals surface area contributed by atoms with Crippen LogP contribution >= 0.6 is 0 Å². The van der Waals surface area contributed by atoms with E-state index in [1.807, 2.05) is 25.1 Å². The number of nitrogens with zero attached hydrogens (tertiary/aromatic N) is 2. The maximum atomic E-state index is 13.9. The molecule has 0 N–H and O–H groups in total. The third-order valence-corrected chi connectivity index (χ3v) is 3.91. The Hall–Kier alpha value is -2.27. The fraction of sp³-hybridized carbons (Fsp3) is 0.368. The molecule has 0 bridgehead atoms. The molecule has 1 aromatic heterocycles. The van der Waals surface area contributed by atoms with E-state index >= 15 is 0 Å². The molecule has 24 heavy (non-hydrogen) atoms. The van der Waals surface area contributed by atoms with Gasteiger partial charge in [0.25, 0.3) is 0 Å². The lowest BCUT2D eigenvalue weighted by Crippen LogP contribution is -2.34. The summed E-state index contributed by atoms with van der Waals surface area (Å²) in [6.45, 7) is 3.22. The van der Waals surface area contributed by atoms with Crippen molar-refractivity contribution in [2.24, 2.45) is 0 Å². The van der Waals surface area contributed by atoms with Crippen molar-refractivity contribution >= 4 is 5.91 Å². The van der Waals surface area contributed by atoms with Crippen molar-refractivity contribution < 1.29 is 13.9 Å². The Labute approximate surface area is 142 Å². The van der Waals surface area contributed by atoms with Gasteiger partial charge in [0.2, 0.25) is 5.91 Å². The normalized spacial score (nSPS) is 12.0. The molecule has 0 saturated carbocycles. The van der Waals surface area contributed by atoms with Gasteiger partial charge in [-0.25, -0.2) is 4.39 Å². The van der Waals surface area contributed by atoms with Crippen LogP contribution in [-0.4, -0.2) is 36.1 Å². The number of aromatic nitrogens is 1. The van der Waals surface area contributed by atoms with E-state index in [9.17, 15) is 9.18 Å². The van der Waals surface area contributed by atoms with Gasteiger partial charge in [-0.15, -0.1) is 0 Å². The van der Waals surface area contributed by atoms with Gasteiger partial charge in [0.05, 0.1) is 18.8 Å². The predicted octanol–water partition coefficient (Wildman–Crippen LogP) is 3.39. The van der Waals surface area contributed by atoms with E-state index in [2.05, 4.69) is 4.98 Å². The number of amides is 1. The third-order valence-electron chi connectivity index (χ3n) is 3.91. The van der Waals surface area contributed by atoms with E-state index in [1.54, 1.807) is 36.4 Å². The van der Waals surface area contributed by atoms with Crippen LogP contribution in [0.15, 0.2) is 48.7 Å². The summed E-state index contributed by atoms with van der Waals surface area (Å²) in [6.07, 6.45) is 1.95. The van der Waals surface area contributed by atoms with E-state index in [0.29, 0.717) is 25.3 Å². The van der Waals surface area contributed by atoms with Gasteiger partial charge in [-0.1, -0.05) is 31.2 Å². The minimum atomic E-state index is -0.272. The minimum absolute atomic E-state index is 0.0338. The number of halogens is 1. The van der Waals surface area contributed by atoms with Gasteiger partial charge in [-0.05, 0) is 29.7 Å². The van der Waals surface area contributed by atoms with Crippen molar-refractivity contribution in [3.8, 4) is 0 Å². The highest BCUT2D eigenvalue weighted by Gasteiger charge is 2.20. The van der Waals surface area contributed by atoms with Gasteiger partial charge >= 0.3 is 0 Å². The topological polar surface area (TPSA) is 42.4 Å². The van der Waals surface area contributed by atoms with Crippen LogP contribution in [0, 0.1) is 5.82 Å². The summed E-state index contributed by atoms with van der Waals surface area (Å²) >= 11 is 0. The van der Waals surface area contributed by atoms with Gasteiger partial charge in [-0.3, -0.25) is 9.78 Å². The first-order valence-electron chi connectivity index (χ1n) is 8.03. The van der Waals surface area contributed by atoms with Crippen molar-refractivity contribution in [3.05, 3.63) is 65.7 Å². The zero-order valence-electron chi connectivity index (χ0n) is 14.1. The van der Waals surface area contributed by atoms with Crippen LogP contribution in [0.2, 0.25) is 0 Å². The molecule has 1 atom stereocenters. The number of benzene rings is 1. The van der Waals surface area contributed by atoms with Crippen LogP contribution < -0.4 is 0 Å². The first kappa shape index (κ1) is 18.1. The fourth-order valence-electron chi connectivity index (χ4n) is 2.56. The summed E-state index contributed by atoms with van der Waals surface area (Å²) in [7, 11) is 1.60. The second-order valence-electron chi connectivity index (χ2n) is 5.76. The molecule has 1 amide bonds. The molecule has 0 aliphatic heterocycles. The monoisotopic (exact) mass is 330 g/mol. The highest BCUT2D eigenvalue weighted by molar-refractivity contribution is 5.77. The number of rotatable bonds is 8. The summed E-state index contributed by atoms with van der Waals surface area (Å²) in [6, 6.07) is 12.2. The third kappa shape index (κ3) is 5.13. The Morgan fingerprint density at radius 2 is 2.00 bits per heavy atom. The molecule has 2 rings (SSSR count). The maximum Gasteiger partial charge on any atom is 0.223 e. The Bertz CT molecular complexity index is 649. The van der Waals surface area contributed by atoms with E-state index < -0.39 is 0 Å². The average Bonchev–Trinajstić information content (AvgIpc) is 2.59. The molecule has 128 valence electrons. The van der Waals surface area contributed by atoms with Gasteiger partial charge in [0.15, 0.2) is 0 Å². The molecule has 0 radical (unpaired) electrons. The number of methoxy groups -OCH3 is 1. The molecule has 1 heterocycles. The SMILES string of the molecule is COCCN(Cc1ccccn1)C(=O)C[C@H](C)c1ccccc1F. The number of hydrogen-bond acceptors (Lipinski definition) is 3. The molecule has 0 fully saturated rings. The van der Waals surface area contributed by atoms with Crippen molar-refractivity contribution in [2.45, 2.75) is 25.8 Å². The summed E-state index contributed by atoms with van der Waals surface area (Å²) in [5.74, 6) is -0.494. The van der Waals surface area contributed by atoms with E-state index in [4.69, 9.17) is 4.74 Å². The lowest BCUT2D eigenvalue weighted by Gasteiger charge is -2.24. The van der Waals surface area contributed by atoms with Crippen LogP contribution in [-0.2, 0) is 16.1 Å². The molecule has 4 nitrogen and oxygen atoms in total. The van der Waals surface area contributed by atoms with Crippen LogP contribution in [0.25, 0.3) is 0 Å². The number of pyridine rings is 1. The highest BCUT2D eigenvalue weighted by Crippen LogP contribution is 2.23. The van der Waals surface area contributed by atoms with E-state index in [-0.39, 0.29) is 24.1 Å². The number of carbonyl (C=O) groups excluding carboxylic acids is 1. The average molecular weight is 330 g/mol. The quantitative estimate of drug-likeness (QED) is 0.745. The van der Waals surface area contributed by atoms with E-state index in [0.717, 1.165) is 5.69 Å². The smallest absolute Gasteiger partial charge is 0.223 e. The lowest BCUT2D eigenvalue weighted by atomic mass is 9.96. The van der Waals surface area contributed by atoms with Gasteiger partial charge in [0, 0.05) is 26.3 Å². The van der Waals surface area contributed by atoms with Gasteiger partial charge < -0.3 is 9.64 Å².